The van der Waals surface area contributed by atoms with Gasteiger partial charge < -0.3 is 15.0 Å². The lowest BCUT2D eigenvalue weighted by Crippen LogP contribution is -2.41. The summed E-state index contributed by atoms with van der Waals surface area (Å²) in [5.41, 5.74) is 2.50. The predicted molar refractivity (Wildman–Crippen MR) is 113 cm³/mol. The minimum absolute atomic E-state index is 0.189. The molecule has 0 spiro atoms. The van der Waals surface area contributed by atoms with Crippen LogP contribution in [0.3, 0.4) is 0 Å². The Labute approximate surface area is 167 Å². The molecule has 1 saturated heterocycles. The van der Waals surface area contributed by atoms with E-state index in [1.807, 2.05) is 0 Å². The van der Waals surface area contributed by atoms with Gasteiger partial charge in [-0.2, -0.15) is 0 Å². The number of aromatic nitrogens is 1. The Morgan fingerprint density at radius 1 is 1.18 bits per heavy atom. The van der Waals surface area contributed by atoms with Crippen molar-refractivity contribution in [3.05, 3.63) is 36.0 Å². The molecule has 152 valence electrons. The molecule has 2 heterocycles. The van der Waals surface area contributed by atoms with E-state index in [1.165, 1.54) is 48.6 Å². The minimum atomic E-state index is 0.189. The Kier molecular flexibility index (Phi) is 6.65. The van der Waals surface area contributed by atoms with E-state index in [4.69, 9.17) is 4.74 Å². The number of carbonyl (C=O) groups excluding carboxylic acids is 1. The number of carbonyl (C=O) groups is 1. The number of rotatable bonds is 7. The van der Waals surface area contributed by atoms with Crippen molar-refractivity contribution in [1.82, 2.24) is 15.2 Å². The quantitative estimate of drug-likeness (QED) is 0.767. The fourth-order valence-electron chi connectivity index (χ4n) is 4.92. The Morgan fingerprint density at radius 3 is 2.79 bits per heavy atom. The third kappa shape index (κ3) is 4.76. The Morgan fingerprint density at radius 2 is 1.96 bits per heavy atom. The van der Waals surface area contributed by atoms with Gasteiger partial charge in [-0.15, -0.1) is 0 Å². The lowest BCUT2D eigenvalue weighted by molar-refractivity contribution is -0.121. The number of aromatic amines is 1. The molecule has 2 aromatic rings. The first-order valence-corrected chi connectivity index (χ1v) is 10.9. The number of fused-ring (bicyclic) bond motifs is 1. The molecule has 4 rings (SSSR count). The Bertz CT molecular complexity index is 760. The van der Waals surface area contributed by atoms with Crippen LogP contribution >= 0.6 is 0 Å². The average molecular weight is 384 g/mol. The first kappa shape index (κ1) is 19.5. The van der Waals surface area contributed by atoms with Gasteiger partial charge >= 0.3 is 0 Å². The molecule has 1 aromatic carbocycles. The zero-order valence-electron chi connectivity index (χ0n) is 16.8. The van der Waals surface area contributed by atoms with E-state index in [9.17, 15) is 4.79 Å². The van der Waals surface area contributed by atoms with Crippen molar-refractivity contribution in [2.24, 2.45) is 5.92 Å². The van der Waals surface area contributed by atoms with Crippen molar-refractivity contribution >= 4 is 16.8 Å². The number of para-hydroxylation sites is 1. The molecule has 1 amide bonds. The molecule has 2 aliphatic rings. The molecule has 2 N–H and O–H groups in total. The summed E-state index contributed by atoms with van der Waals surface area (Å²) in [7, 11) is 0. The summed E-state index contributed by atoms with van der Waals surface area (Å²) in [5.74, 6) is 1.10. The molecule has 5 heteroatoms. The summed E-state index contributed by atoms with van der Waals surface area (Å²) < 4.78 is 5.39. The van der Waals surface area contributed by atoms with E-state index in [-0.39, 0.29) is 5.91 Å². The van der Waals surface area contributed by atoms with Gasteiger partial charge in [0, 0.05) is 49.7 Å². The maximum absolute atomic E-state index is 12.8. The molecule has 0 radical (unpaired) electrons. The van der Waals surface area contributed by atoms with E-state index in [0.717, 1.165) is 39.4 Å². The molecule has 0 bridgehead atoms. The van der Waals surface area contributed by atoms with Gasteiger partial charge in [0.05, 0.1) is 13.2 Å². The molecule has 28 heavy (non-hydrogen) atoms. The van der Waals surface area contributed by atoms with E-state index in [1.54, 1.807) is 0 Å². The number of H-pyrrole nitrogens is 1. The van der Waals surface area contributed by atoms with Crippen LogP contribution < -0.4 is 5.32 Å². The topological polar surface area (TPSA) is 57.4 Å². The summed E-state index contributed by atoms with van der Waals surface area (Å²) in [6.07, 6.45) is 9.14. The van der Waals surface area contributed by atoms with Gasteiger partial charge in [0.15, 0.2) is 0 Å². The van der Waals surface area contributed by atoms with Crippen LogP contribution in [0.5, 0.6) is 0 Å². The average Bonchev–Trinajstić information content (AvgIpc) is 3.17. The molecule has 0 unspecified atom stereocenters. The fourth-order valence-corrected chi connectivity index (χ4v) is 4.92. The number of ether oxygens (including phenoxy) is 1. The minimum Gasteiger partial charge on any atom is -0.379 e. The number of nitrogens with zero attached hydrogens (tertiary/aromatic N) is 1. The molecule has 2 fully saturated rings. The number of benzene rings is 1. The van der Waals surface area contributed by atoms with Gasteiger partial charge in [-0.3, -0.25) is 9.69 Å². The SMILES string of the molecule is O=C(C[C@@H](c1c[nH]c2ccccc12)C1CCCCC1)NCCN1CCOCC1. The molecule has 1 aliphatic heterocycles. The highest BCUT2D eigenvalue weighted by molar-refractivity contribution is 5.85. The predicted octanol–water partition coefficient (Wildman–Crippen LogP) is 3.67. The second-order valence-electron chi connectivity index (χ2n) is 8.30. The normalized spacial score (nSPS) is 20.3. The molecular weight excluding hydrogens is 350 g/mol. The van der Waals surface area contributed by atoms with Gasteiger partial charge in [0.25, 0.3) is 0 Å². The fraction of sp³-hybridized carbons (Fsp3) is 0.609. The number of hydrogen-bond acceptors (Lipinski definition) is 3. The lowest BCUT2D eigenvalue weighted by atomic mass is 9.75. The molecule has 1 aromatic heterocycles. The highest BCUT2D eigenvalue weighted by atomic mass is 16.5. The van der Waals surface area contributed by atoms with Crippen molar-refractivity contribution < 1.29 is 9.53 Å². The Hall–Kier alpha value is -1.85. The summed E-state index contributed by atoms with van der Waals surface area (Å²) in [6.45, 7) is 5.18. The second kappa shape index (κ2) is 9.57. The van der Waals surface area contributed by atoms with Crippen molar-refractivity contribution in [2.75, 3.05) is 39.4 Å². The van der Waals surface area contributed by atoms with Crippen LogP contribution in [0, 0.1) is 5.92 Å². The number of nitrogens with one attached hydrogen (secondary N) is 2. The van der Waals surface area contributed by atoms with Gasteiger partial charge in [-0.25, -0.2) is 0 Å². The second-order valence-corrected chi connectivity index (χ2v) is 8.30. The first-order chi connectivity index (χ1) is 13.8. The summed E-state index contributed by atoms with van der Waals surface area (Å²) in [4.78, 5) is 18.6. The van der Waals surface area contributed by atoms with E-state index in [0.29, 0.717) is 18.3 Å². The first-order valence-electron chi connectivity index (χ1n) is 10.9. The van der Waals surface area contributed by atoms with Gasteiger partial charge in [0.1, 0.15) is 0 Å². The number of morpholine rings is 1. The van der Waals surface area contributed by atoms with E-state index < -0.39 is 0 Å². The molecule has 1 aliphatic carbocycles. The molecular formula is C23H33N3O2. The van der Waals surface area contributed by atoms with E-state index >= 15 is 0 Å². The molecule has 1 atom stereocenters. The zero-order valence-corrected chi connectivity index (χ0v) is 16.8. The molecule has 5 nitrogen and oxygen atoms in total. The zero-order chi connectivity index (χ0) is 19.2. The third-order valence-corrected chi connectivity index (χ3v) is 6.50. The maximum atomic E-state index is 12.8. The summed E-state index contributed by atoms with van der Waals surface area (Å²) in [6, 6.07) is 8.48. The van der Waals surface area contributed by atoms with Crippen LogP contribution in [-0.2, 0) is 9.53 Å². The van der Waals surface area contributed by atoms with Crippen molar-refractivity contribution in [1.29, 1.82) is 0 Å². The van der Waals surface area contributed by atoms with Crippen LogP contribution in [0.25, 0.3) is 10.9 Å². The highest BCUT2D eigenvalue weighted by Gasteiger charge is 2.29. The standard InChI is InChI=1S/C23H33N3O2/c27-23(24-10-11-26-12-14-28-15-13-26)16-20(18-6-2-1-3-7-18)21-17-25-22-9-5-4-8-19(21)22/h4-5,8-9,17-18,20,25H,1-3,6-7,10-16H2,(H,24,27)/t20-/m1/s1. The highest BCUT2D eigenvalue weighted by Crippen LogP contribution is 2.40. The van der Waals surface area contributed by atoms with Crippen LogP contribution in [0.4, 0.5) is 0 Å². The number of hydrogen-bond donors (Lipinski definition) is 2. The van der Waals surface area contributed by atoms with Crippen LogP contribution in [-0.4, -0.2) is 55.2 Å². The van der Waals surface area contributed by atoms with Crippen molar-refractivity contribution in [2.45, 2.75) is 44.4 Å². The Balaban J connectivity index is 1.41. The monoisotopic (exact) mass is 383 g/mol. The molecule has 1 saturated carbocycles. The van der Waals surface area contributed by atoms with Crippen molar-refractivity contribution in [3.63, 3.8) is 0 Å². The number of amides is 1. The van der Waals surface area contributed by atoms with E-state index in [2.05, 4.69) is 45.7 Å². The lowest BCUT2D eigenvalue weighted by Gasteiger charge is -2.30. The summed E-state index contributed by atoms with van der Waals surface area (Å²) >= 11 is 0. The third-order valence-electron chi connectivity index (χ3n) is 6.50. The van der Waals surface area contributed by atoms with Gasteiger partial charge in [0.2, 0.25) is 5.91 Å². The largest absolute Gasteiger partial charge is 0.379 e. The van der Waals surface area contributed by atoms with Crippen LogP contribution in [0.2, 0.25) is 0 Å². The smallest absolute Gasteiger partial charge is 0.220 e. The van der Waals surface area contributed by atoms with Gasteiger partial charge in [-0.05, 0) is 36.3 Å². The summed E-state index contributed by atoms with van der Waals surface area (Å²) in [5, 5.41) is 4.45. The van der Waals surface area contributed by atoms with Crippen LogP contribution in [0.1, 0.15) is 50.0 Å². The van der Waals surface area contributed by atoms with Gasteiger partial charge in [-0.1, -0.05) is 37.5 Å². The van der Waals surface area contributed by atoms with Crippen LogP contribution in [0.15, 0.2) is 30.5 Å². The van der Waals surface area contributed by atoms with Crippen molar-refractivity contribution in [3.8, 4) is 0 Å². The maximum Gasteiger partial charge on any atom is 0.220 e.